The molecule has 0 spiro atoms. The third-order valence-corrected chi connectivity index (χ3v) is 4.30. The van der Waals surface area contributed by atoms with Crippen LogP contribution in [0.3, 0.4) is 0 Å². The van der Waals surface area contributed by atoms with Crippen molar-refractivity contribution in [3.05, 3.63) is 27.2 Å². The molecule has 6 heteroatoms. The first kappa shape index (κ1) is 11.0. The Hall–Kier alpha value is -0.100. The Kier molecular flexibility index (Phi) is 3.01. The van der Waals surface area contributed by atoms with Crippen LogP contribution in [0.25, 0.3) is 0 Å². The highest BCUT2D eigenvalue weighted by molar-refractivity contribution is 9.10. The molecule has 2 N–H and O–H groups in total. The Bertz CT molecular complexity index is 444. The SMILES string of the molecule is Cc1ccc(S(N)(=O)=O)c(Br)c1Cl. The van der Waals surface area contributed by atoms with Crippen LogP contribution in [-0.2, 0) is 10.0 Å². The van der Waals surface area contributed by atoms with E-state index in [9.17, 15) is 8.42 Å². The summed E-state index contributed by atoms with van der Waals surface area (Å²) in [6.07, 6.45) is 0. The van der Waals surface area contributed by atoms with E-state index >= 15 is 0 Å². The lowest BCUT2D eigenvalue weighted by Gasteiger charge is -2.05. The fraction of sp³-hybridized carbons (Fsp3) is 0.143. The van der Waals surface area contributed by atoms with Crippen LogP contribution in [0.2, 0.25) is 5.02 Å². The minimum atomic E-state index is -3.70. The summed E-state index contributed by atoms with van der Waals surface area (Å²) < 4.78 is 22.3. The van der Waals surface area contributed by atoms with Gasteiger partial charge in [-0.2, -0.15) is 0 Å². The molecule has 0 aliphatic rings. The van der Waals surface area contributed by atoms with Crippen molar-refractivity contribution in [3.8, 4) is 0 Å². The van der Waals surface area contributed by atoms with Crippen molar-refractivity contribution in [2.24, 2.45) is 5.14 Å². The van der Waals surface area contributed by atoms with Crippen molar-refractivity contribution >= 4 is 37.6 Å². The number of benzene rings is 1. The molecule has 0 amide bonds. The molecule has 0 bridgehead atoms. The number of sulfonamides is 1. The minimum absolute atomic E-state index is 0.00287. The quantitative estimate of drug-likeness (QED) is 0.858. The number of hydrogen-bond donors (Lipinski definition) is 1. The maximum Gasteiger partial charge on any atom is 0.239 e. The van der Waals surface area contributed by atoms with E-state index in [1.54, 1.807) is 13.0 Å². The van der Waals surface area contributed by atoms with Gasteiger partial charge < -0.3 is 0 Å². The first-order chi connectivity index (χ1) is 5.84. The molecule has 0 saturated heterocycles. The fourth-order valence-electron chi connectivity index (χ4n) is 0.848. The van der Waals surface area contributed by atoms with E-state index in [4.69, 9.17) is 16.7 Å². The van der Waals surface area contributed by atoms with Crippen molar-refractivity contribution < 1.29 is 8.42 Å². The highest BCUT2D eigenvalue weighted by Crippen LogP contribution is 2.31. The van der Waals surface area contributed by atoms with E-state index in [0.717, 1.165) is 5.56 Å². The smallest absolute Gasteiger partial charge is 0.225 e. The van der Waals surface area contributed by atoms with Gasteiger partial charge in [-0.05, 0) is 34.5 Å². The topological polar surface area (TPSA) is 60.2 Å². The third-order valence-electron chi connectivity index (χ3n) is 1.55. The Morgan fingerprint density at radius 1 is 1.46 bits per heavy atom. The molecule has 0 aliphatic heterocycles. The predicted octanol–water partition coefficient (Wildman–Crippen LogP) is 2.06. The van der Waals surface area contributed by atoms with Gasteiger partial charge in [0, 0.05) is 0 Å². The van der Waals surface area contributed by atoms with Crippen LogP contribution in [0.4, 0.5) is 0 Å². The Balaban J connectivity index is 3.53. The molecule has 1 aromatic carbocycles. The van der Waals surface area contributed by atoms with Crippen molar-refractivity contribution in [3.63, 3.8) is 0 Å². The summed E-state index contributed by atoms with van der Waals surface area (Å²) in [6, 6.07) is 3.02. The fourth-order valence-corrected chi connectivity index (χ4v) is 2.80. The van der Waals surface area contributed by atoms with E-state index in [-0.39, 0.29) is 4.90 Å². The van der Waals surface area contributed by atoms with Crippen molar-refractivity contribution in [2.75, 3.05) is 0 Å². The van der Waals surface area contributed by atoms with Crippen LogP contribution in [0.5, 0.6) is 0 Å². The van der Waals surface area contributed by atoms with Gasteiger partial charge in [0.25, 0.3) is 0 Å². The summed E-state index contributed by atoms with van der Waals surface area (Å²) in [4.78, 5) is 0.00287. The van der Waals surface area contributed by atoms with Gasteiger partial charge >= 0.3 is 0 Å². The highest BCUT2D eigenvalue weighted by Gasteiger charge is 2.15. The maximum absolute atomic E-state index is 11.0. The summed E-state index contributed by atoms with van der Waals surface area (Å²) in [5, 5.41) is 5.33. The molecule has 0 atom stereocenters. The van der Waals surface area contributed by atoms with Crippen LogP contribution in [0.1, 0.15) is 5.56 Å². The summed E-state index contributed by atoms with van der Waals surface area (Å²) in [5.41, 5.74) is 0.793. The second-order valence-corrected chi connectivity index (χ2v) is 5.25. The maximum atomic E-state index is 11.0. The van der Waals surface area contributed by atoms with Crippen LogP contribution < -0.4 is 5.14 Å². The van der Waals surface area contributed by atoms with Gasteiger partial charge in [-0.3, -0.25) is 0 Å². The lowest BCUT2D eigenvalue weighted by Crippen LogP contribution is -2.13. The Morgan fingerprint density at radius 2 is 2.00 bits per heavy atom. The summed E-state index contributed by atoms with van der Waals surface area (Å²) in [7, 11) is -3.70. The van der Waals surface area contributed by atoms with Crippen molar-refractivity contribution in [2.45, 2.75) is 11.8 Å². The van der Waals surface area contributed by atoms with Crippen LogP contribution in [0.15, 0.2) is 21.5 Å². The zero-order chi connectivity index (χ0) is 10.2. The van der Waals surface area contributed by atoms with E-state index in [0.29, 0.717) is 9.50 Å². The molecule has 13 heavy (non-hydrogen) atoms. The van der Waals surface area contributed by atoms with E-state index in [1.807, 2.05) is 0 Å². The van der Waals surface area contributed by atoms with E-state index in [1.165, 1.54) is 6.07 Å². The monoisotopic (exact) mass is 283 g/mol. The summed E-state index contributed by atoms with van der Waals surface area (Å²) in [5.74, 6) is 0. The van der Waals surface area contributed by atoms with Gasteiger partial charge in [-0.25, -0.2) is 13.6 Å². The molecule has 1 rings (SSSR count). The molecule has 0 saturated carbocycles. The number of halogens is 2. The van der Waals surface area contributed by atoms with Crippen molar-refractivity contribution in [1.82, 2.24) is 0 Å². The molecule has 72 valence electrons. The average molecular weight is 285 g/mol. The molecule has 1 aromatic rings. The minimum Gasteiger partial charge on any atom is -0.225 e. The lowest BCUT2D eigenvalue weighted by molar-refractivity contribution is 0.597. The molecule has 0 aromatic heterocycles. The lowest BCUT2D eigenvalue weighted by atomic mass is 10.2. The van der Waals surface area contributed by atoms with E-state index in [2.05, 4.69) is 15.9 Å². The van der Waals surface area contributed by atoms with Gasteiger partial charge in [-0.1, -0.05) is 17.7 Å². The number of nitrogens with two attached hydrogens (primary N) is 1. The highest BCUT2D eigenvalue weighted by atomic mass is 79.9. The second kappa shape index (κ2) is 3.57. The molecule has 0 aliphatic carbocycles. The van der Waals surface area contributed by atoms with Crippen LogP contribution >= 0.6 is 27.5 Å². The predicted molar refractivity (Wildman–Crippen MR) is 55.3 cm³/mol. The van der Waals surface area contributed by atoms with Gasteiger partial charge in [0.15, 0.2) is 0 Å². The molecular weight excluding hydrogens is 278 g/mol. The Morgan fingerprint density at radius 3 is 2.46 bits per heavy atom. The van der Waals surface area contributed by atoms with E-state index < -0.39 is 10.0 Å². The first-order valence-corrected chi connectivity index (χ1v) is 6.03. The number of primary sulfonamides is 1. The summed E-state index contributed by atoms with van der Waals surface area (Å²) in [6.45, 7) is 1.78. The molecule has 0 unspecified atom stereocenters. The Labute approximate surface area is 90.1 Å². The van der Waals surface area contributed by atoms with Gasteiger partial charge in [0.05, 0.1) is 14.4 Å². The van der Waals surface area contributed by atoms with Gasteiger partial charge in [0.1, 0.15) is 0 Å². The second-order valence-electron chi connectivity index (χ2n) is 2.55. The van der Waals surface area contributed by atoms with Gasteiger partial charge in [-0.15, -0.1) is 0 Å². The molecule has 0 radical (unpaired) electrons. The summed E-state index contributed by atoms with van der Waals surface area (Å²) >= 11 is 8.90. The van der Waals surface area contributed by atoms with Gasteiger partial charge in [0.2, 0.25) is 10.0 Å². The molecule has 0 fully saturated rings. The largest absolute Gasteiger partial charge is 0.239 e. The zero-order valence-corrected chi connectivity index (χ0v) is 9.87. The van der Waals surface area contributed by atoms with Crippen LogP contribution in [0, 0.1) is 6.92 Å². The number of hydrogen-bond acceptors (Lipinski definition) is 2. The number of rotatable bonds is 1. The standard InChI is InChI=1S/C7H7BrClNO2S/c1-4-2-3-5(13(10,11)12)6(8)7(4)9/h2-3H,1H3,(H2,10,11,12). The van der Waals surface area contributed by atoms with Crippen LogP contribution in [-0.4, -0.2) is 8.42 Å². The number of aryl methyl sites for hydroxylation is 1. The average Bonchev–Trinajstić information content (AvgIpc) is 1.98. The van der Waals surface area contributed by atoms with Crippen molar-refractivity contribution in [1.29, 1.82) is 0 Å². The normalized spacial score (nSPS) is 11.7. The molecule has 0 heterocycles. The zero-order valence-electron chi connectivity index (χ0n) is 6.71. The third kappa shape index (κ3) is 2.22. The molecular formula is C7H7BrClNO2S. The molecule has 3 nitrogen and oxygen atoms in total. The first-order valence-electron chi connectivity index (χ1n) is 3.31.